The maximum atomic E-state index is 11.8. The first-order valence-electron chi connectivity index (χ1n) is 6.21. The molecule has 0 amide bonds. The van der Waals surface area contributed by atoms with E-state index in [2.05, 4.69) is 4.98 Å². The van der Waals surface area contributed by atoms with Crippen molar-refractivity contribution in [1.29, 1.82) is 0 Å². The number of ether oxygens (including phenoxy) is 2. The Balaban J connectivity index is 2.63. The van der Waals surface area contributed by atoms with E-state index < -0.39 is 11.9 Å². The zero-order valence-electron chi connectivity index (χ0n) is 11.9. The van der Waals surface area contributed by atoms with E-state index in [0.29, 0.717) is 28.8 Å². The van der Waals surface area contributed by atoms with Crippen molar-refractivity contribution in [3.8, 4) is 0 Å². The average Bonchev–Trinajstić information content (AvgIpc) is 2.70. The highest BCUT2D eigenvalue weighted by Crippen LogP contribution is 2.24. The summed E-state index contributed by atoms with van der Waals surface area (Å²) in [7, 11) is 3.13. The molecule has 0 radical (unpaired) electrons. The first-order chi connectivity index (χ1) is 9.51. The minimum absolute atomic E-state index is 0.302. The monoisotopic (exact) mass is 276 g/mol. The lowest BCUT2D eigenvalue weighted by Gasteiger charge is -2.02. The van der Waals surface area contributed by atoms with Gasteiger partial charge in [0.05, 0.1) is 24.8 Å². The second-order valence-corrected chi connectivity index (χ2v) is 4.32. The molecule has 6 nitrogen and oxygen atoms in total. The molecule has 2 aromatic rings. The van der Waals surface area contributed by atoms with Crippen LogP contribution in [0, 0.1) is 6.92 Å². The Bertz CT molecular complexity index is 688. The second-order valence-electron chi connectivity index (χ2n) is 4.32. The number of hydrogen-bond donors (Lipinski definition) is 0. The summed E-state index contributed by atoms with van der Waals surface area (Å²) >= 11 is 0. The van der Waals surface area contributed by atoms with Crippen molar-refractivity contribution in [3.63, 3.8) is 0 Å². The molecule has 0 aliphatic heterocycles. The van der Waals surface area contributed by atoms with Crippen LogP contribution in [0.25, 0.3) is 11.0 Å². The van der Waals surface area contributed by atoms with Crippen LogP contribution in [0.2, 0.25) is 0 Å². The lowest BCUT2D eigenvalue weighted by molar-refractivity contribution is 0.0525. The van der Waals surface area contributed by atoms with Crippen molar-refractivity contribution in [1.82, 2.24) is 9.55 Å². The lowest BCUT2D eigenvalue weighted by Crippen LogP contribution is -2.05. The minimum Gasteiger partial charge on any atom is -0.465 e. The maximum Gasteiger partial charge on any atom is 0.341 e. The molecule has 0 saturated carbocycles. The standard InChI is InChI=1S/C14H16N2O4/c1-5-20-13(17)9-6-10-12(15-7-9)11(14(18)19-4)8(2)16(10)3/h6-7H,5H2,1-4H3. The summed E-state index contributed by atoms with van der Waals surface area (Å²) < 4.78 is 11.5. The van der Waals surface area contributed by atoms with Crippen molar-refractivity contribution in [2.75, 3.05) is 13.7 Å². The van der Waals surface area contributed by atoms with Crippen molar-refractivity contribution < 1.29 is 19.1 Å². The van der Waals surface area contributed by atoms with Crippen molar-refractivity contribution in [2.24, 2.45) is 7.05 Å². The highest BCUT2D eigenvalue weighted by Gasteiger charge is 2.21. The molecule has 0 atom stereocenters. The quantitative estimate of drug-likeness (QED) is 0.800. The lowest BCUT2D eigenvalue weighted by atomic mass is 10.2. The van der Waals surface area contributed by atoms with Crippen LogP contribution in [0.5, 0.6) is 0 Å². The Morgan fingerprint density at radius 3 is 2.65 bits per heavy atom. The van der Waals surface area contributed by atoms with Gasteiger partial charge in [-0.1, -0.05) is 0 Å². The van der Waals surface area contributed by atoms with Crippen LogP contribution in [0.4, 0.5) is 0 Å². The molecule has 0 saturated heterocycles. The number of carbonyl (C=O) groups is 2. The van der Waals surface area contributed by atoms with Crippen LogP contribution in [0.3, 0.4) is 0 Å². The van der Waals surface area contributed by atoms with Gasteiger partial charge in [-0.2, -0.15) is 0 Å². The van der Waals surface area contributed by atoms with E-state index in [0.717, 1.165) is 5.69 Å². The number of aromatic nitrogens is 2. The largest absolute Gasteiger partial charge is 0.465 e. The molecule has 0 spiro atoms. The van der Waals surface area contributed by atoms with E-state index in [-0.39, 0.29) is 0 Å². The van der Waals surface area contributed by atoms with Crippen LogP contribution in [-0.4, -0.2) is 35.2 Å². The highest BCUT2D eigenvalue weighted by molar-refractivity contribution is 6.05. The van der Waals surface area contributed by atoms with E-state index in [1.54, 1.807) is 31.5 Å². The summed E-state index contributed by atoms with van der Waals surface area (Å²) in [5, 5.41) is 0. The second kappa shape index (κ2) is 5.32. The third-order valence-electron chi connectivity index (χ3n) is 3.23. The molecule has 0 aromatic carbocycles. The number of methoxy groups -OCH3 is 1. The highest BCUT2D eigenvalue weighted by atomic mass is 16.5. The zero-order valence-corrected chi connectivity index (χ0v) is 11.9. The third-order valence-corrected chi connectivity index (χ3v) is 3.23. The first kappa shape index (κ1) is 14.0. The van der Waals surface area contributed by atoms with Gasteiger partial charge >= 0.3 is 11.9 Å². The number of aryl methyl sites for hydroxylation is 1. The fraction of sp³-hybridized carbons (Fsp3) is 0.357. The van der Waals surface area contributed by atoms with E-state index in [1.165, 1.54) is 13.3 Å². The molecule has 2 rings (SSSR count). The molecule has 0 aliphatic carbocycles. The predicted molar refractivity (Wildman–Crippen MR) is 72.7 cm³/mol. The van der Waals surface area contributed by atoms with Gasteiger partial charge < -0.3 is 14.0 Å². The van der Waals surface area contributed by atoms with Gasteiger partial charge in [0.15, 0.2) is 0 Å². The normalized spacial score (nSPS) is 10.6. The summed E-state index contributed by atoms with van der Waals surface area (Å²) in [5.41, 5.74) is 2.72. The third kappa shape index (κ3) is 2.13. The Morgan fingerprint density at radius 1 is 1.35 bits per heavy atom. The van der Waals surface area contributed by atoms with Crippen LogP contribution in [0.15, 0.2) is 12.3 Å². The smallest absolute Gasteiger partial charge is 0.341 e. The summed E-state index contributed by atoms with van der Waals surface area (Å²) in [6.07, 6.45) is 1.41. The van der Waals surface area contributed by atoms with Crippen molar-refractivity contribution >= 4 is 23.0 Å². The topological polar surface area (TPSA) is 70.4 Å². The molecule has 2 aromatic heterocycles. The maximum absolute atomic E-state index is 11.8. The number of fused-ring (bicyclic) bond motifs is 1. The zero-order chi connectivity index (χ0) is 14.9. The van der Waals surface area contributed by atoms with Gasteiger partial charge in [0.1, 0.15) is 11.1 Å². The van der Waals surface area contributed by atoms with E-state index >= 15 is 0 Å². The number of hydrogen-bond acceptors (Lipinski definition) is 5. The van der Waals surface area contributed by atoms with E-state index in [9.17, 15) is 9.59 Å². The van der Waals surface area contributed by atoms with Gasteiger partial charge in [-0.3, -0.25) is 4.98 Å². The summed E-state index contributed by atoms with van der Waals surface area (Å²) in [6, 6.07) is 1.67. The van der Waals surface area contributed by atoms with Gasteiger partial charge in [0.25, 0.3) is 0 Å². The summed E-state index contributed by atoms with van der Waals surface area (Å²) in [5.74, 6) is -0.871. The number of carbonyl (C=O) groups excluding carboxylic acids is 2. The molecule has 20 heavy (non-hydrogen) atoms. The molecule has 106 valence electrons. The number of pyridine rings is 1. The van der Waals surface area contributed by atoms with Gasteiger partial charge in [-0.05, 0) is 19.9 Å². The molecule has 0 aliphatic rings. The van der Waals surface area contributed by atoms with Gasteiger partial charge in [-0.25, -0.2) is 9.59 Å². The Morgan fingerprint density at radius 2 is 2.05 bits per heavy atom. The summed E-state index contributed by atoms with van der Waals surface area (Å²) in [4.78, 5) is 27.7. The number of esters is 2. The fourth-order valence-corrected chi connectivity index (χ4v) is 2.09. The molecular formula is C14H16N2O4. The molecular weight excluding hydrogens is 260 g/mol. The molecule has 2 heterocycles. The van der Waals surface area contributed by atoms with E-state index in [4.69, 9.17) is 9.47 Å². The number of rotatable bonds is 3. The van der Waals surface area contributed by atoms with Crippen molar-refractivity contribution in [2.45, 2.75) is 13.8 Å². The van der Waals surface area contributed by atoms with Crippen LogP contribution < -0.4 is 0 Å². The van der Waals surface area contributed by atoms with Gasteiger partial charge in [0.2, 0.25) is 0 Å². The van der Waals surface area contributed by atoms with Gasteiger partial charge in [0, 0.05) is 18.9 Å². The Kier molecular flexibility index (Phi) is 3.74. The Labute approximate surface area is 116 Å². The first-order valence-corrected chi connectivity index (χ1v) is 6.21. The predicted octanol–water partition coefficient (Wildman–Crippen LogP) is 1.85. The summed E-state index contributed by atoms with van der Waals surface area (Å²) in [6.45, 7) is 3.85. The minimum atomic E-state index is -0.440. The van der Waals surface area contributed by atoms with E-state index in [1.807, 2.05) is 0 Å². The number of nitrogens with zero attached hydrogens (tertiary/aromatic N) is 2. The molecule has 6 heteroatoms. The molecule has 0 N–H and O–H groups in total. The van der Waals surface area contributed by atoms with Crippen LogP contribution in [-0.2, 0) is 16.5 Å². The Hall–Kier alpha value is -2.37. The molecule has 0 bridgehead atoms. The van der Waals surface area contributed by atoms with Crippen LogP contribution in [0.1, 0.15) is 33.3 Å². The SMILES string of the molecule is CCOC(=O)c1cnc2c(C(=O)OC)c(C)n(C)c2c1. The fourth-order valence-electron chi connectivity index (χ4n) is 2.09. The molecule has 0 fully saturated rings. The van der Waals surface area contributed by atoms with Crippen molar-refractivity contribution in [3.05, 3.63) is 29.1 Å². The van der Waals surface area contributed by atoms with Gasteiger partial charge in [-0.15, -0.1) is 0 Å². The molecule has 0 unspecified atom stereocenters. The van der Waals surface area contributed by atoms with Crippen LogP contribution >= 0.6 is 0 Å². The average molecular weight is 276 g/mol.